The van der Waals surface area contributed by atoms with Crippen LogP contribution in [0.25, 0.3) is 11.4 Å². The number of carbonyl (C=O) groups excluding carboxylic acids is 2. The van der Waals surface area contributed by atoms with Crippen molar-refractivity contribution in [3.63, 3.8) is 0 Å². The van der Waals surface area contributed by atoms with Gasteiger partial charge < -0.3 is 10.6 Å². The van der Waals surface area contributed by atoms with E-state index in [0.29, 0.717) is 29.2 Å². The second kappa shape index (κ2) is 9.10. The first kappa shape index (κ1) is 19.5. The summed E-state index contributed by atoms with van der Waals surface area (Å²) in [4.78, 5) is 26.8. The normalized spacial score (nSPS) is 10.5. The number of amides is 2. The van der Waals surface area contributed by atoms with Crippen molar-refractivity contribution in [3.8, 4) is 11.4 Å². The van der Waals surface area contributed by atoms with Gasteiger partial charge in [0.15, 0.2) is 0 Å². The zero-order valence-electron chi connectivity index (χ0n) is 15.9. The SMILES string of the molecule is O=C(Cn1nnc(-c2ccccc2NC(=O)Cc2cccs2)n1)Nc1ccccc1. The number of tetrazole rings is 1. The van der Waals surface area contributed by atoms with E-state index in [-0.39, 0.29) is 18.4 Å². The molecular formula is C21H18N6O2S. The van der Waals surface area contributed by atoms with Crippen molar-refractivity contribution in [2.24, 2.45) is 0 Å². The first-order valence-electron chi connectivity index (χ1n) is 9.22. The summed E-state index contributed by atoms with van der Waals surface area (Å²) in [6.07, 6.45) is 0.297. The number of benzene rings is 2. The number of nitrogens with one attached hydrogen (secondary N) is 2. The minimum absolute atomic E-state index is 0.0746. The smallest absolute Gasteiger partial charge is 0.248 e. The standard InChI is InChI=1S/C21H18N6O2S/c28-19(13-16-9-6-12-30-16)23-18-11-5-4-10-17(18)21-24-26-27(25-21)14-20(29)22-15-7-2-1-3-8-15/h1-12H,13-14H2,(H,22,29)(H,23,28). The van der Waals surface area contributed by atoms with E-state index in [9.17, 15) is 9.59 Å². The summed E-state index contributed by atoms with van der Waals surface area (Å²) in [6, 6.07) is 20.2. The molecule has 2 amide bonds. The number of carbonyl (C=O) groups is 2. The fourth-order valence-corrected chi connectivity index (χ4v) is 3.52. The molecule has 0 fully saturated rings. The molecule has 0 atom stereocenters. The summed E-state index contributed by atoms with van der Waals surface area (Å²) in [6.45, 7) is -0.0746. The molecule has 150 valence electrons. The fraction of sp³-hybridized carbons (Fsp3) is 0.0952. The van der Waals surface area contributed by atoms with E-state index < -0.39 is 0 Å². The third-order valence-corrected chi connectivity index (χ3v) is 5.03. The van der Waals surface area contributed by atoms with Gasteiger partial charge in [0.2, 0.25) is 17.6 Å². The van der Waals surface area contributed by atoms with Gasteiger partial charge in [-0.25, -0.2) is 0 Å². The molecular weight excluding hydrogens is 400 g/mol. The summed E-state index contributed by atoms with van der Waals surface area (Å²) < 4.78 is 0. The van der Waals surface area contributed by atoms with Crippen molar-refractivity contribution in [1.29, 1.82) is 0 Å². The van der Waals surface area contributed by atoms with Crippen LogP contribution in [0.1, 0.15) is 4.88 Å². The molecule has 2 N–H and O–H groups in total. The molecule has 0 saturated heterocycles. The first-order valence-corrected chi connectivity index (χ1v) is 10.1. The Morgan fingerprint density at radius 3 is 2.50 bits per heavy atom. The van der Waals surface area contributed by atoms with Gasteiger partial charge in [0.1, 0.15) is 6.54 Å². The molecule has 0 bridgehead atoms. The van der Waals surface area contributed by atoms with Gasteiger partial charge in [0, 0.05) is 16.1 Å². The Bertz CT molecular complexity index is 1140. The zero-order chi connectivity index (χ0) is 20.8. The third kappa shape index (κ3) is 4.95. The maximum atomic E-state index is 12.4. The van der Waals surface area contributed by atoms with E-state index in [1.165, 1.54) is 16.1 Å². The topological polar surface area (TPSA) is 102 Å². The molecule has 2 aromatic heterocycles. The lowest BCUT2D eigenvalue weighted by molar-refractivity contribution is -0.117. The van der Waals surface area contributed by atoms with Gasteiger partial charge in [-0.2, -0.15) is 4.80 Å². The van der Waals surface area contributed by atoms with E-state index in [1.54, 1.807) is 24.3 Å². The maximum absolute atomic E-state index is 12.4. The van der Waals surface area contributed by atoms with Crippen LogP contribution in [0.15, 0.2) is 72.1 Å². The van der Waals surface area contributed by atoms with Crippen molar-refractivity contribution >= 4 is 34.5 Å². The van der Waals surface area contributed by atoms with Gasteiger partial charge in [0.05, 0.1) is 12.1 Å². The molecule has 2 aromatic carbocycles. The second-order valence-corrected chi connectivity index (χ2v) is 7.44. The predicted octanol–water partition coefficient (Wildman–Crippen LogP) is 3.22. The number of nitrogens with zero attached hydrogens (tertiary/aromatic N) is 4. The number of rotatable bonds is 7. The molecule has 0 radical (unpaired) electrons. The quantitative estimate of drug-likeness (QED) is 0.480. The third-order valence-electron chi connectivity index (χ3n) is 4.15. The van der Waals surface area contributed by atoms with Gasteiger partial charge in [-0.05, 0) is 40.9 Å². The Hall–Kier alpha value is -3.85. The monoisotopic (exact) mass is 418 g/mol. The summed E-state index contributed by atoms with van der Waals surface area (Å²) in [7, 11) is 0. The van der Waals surface area contributed by atoms with E-state index in [1.807, 2.05) is 47.8 Å². The summed E-state index contributed by atoms with van der Waals surface area (Å²) in [5, 5.41) is 19.9. The van der Waals surface area contributed by atoms with Crippen molar-refractivity contribution in [2.75, 3.05) is 10.6 Å². The highest BCUT2D eigenvalue weighted by atomic mass is 32.1. The van der Waals surface area contributed by atoms with Crippen LogP contribution in [-0.2, 0) is 22.6 Å². The van der Waals surface area contributed by atoms with Gasteiger partial charge in [-0.1, -0.05) is 36.4 Å². The zero-order valence-corrected chi connectivity index (χ0v) is 16.7. The molecule has 30 heavy (non-hydrogen) atoms. The number of thiophene rings is 1. The molecule has 4 aromatic rings. The average molecular weight is 418 g/mol. The van der Waals surface area contributed by atoms with Crippen LogP contribution in [0, 0.1) is 0 Å². The minimum Gasteiger partial charge on any atom is -0.325 e. The minimum atomic E-state index is -0.261. The molecule has 0 aliphatic rings. The van der Waals surface area contributed by atoms with Crippen LogP contribution in [0.3, 0.4) is 0 Å². The molecule has 8 nitrogen and oxygen atoms in total. The molecule has 0 aliphatic carbocycles. The number of para-hydroxylation sites is 2. The Morgan fingerprint density at radius 2 is 1.70 bits per heavy atom. The number of hydrogen-bond donors (Lipinski definition) is 2. The molecule has 0 saturated carbocycles. The summed E-state index contributed by atoms with van der Waals surface area (Å²) >= 11 is 1.54. The molecule has 0 aliphatic heterocycles. The summed E-state index contributed by atoms with van der Waals surface area (Å²) in [5.74, 6) is -0.0586. The molecule has 0 unspecified atom stereocenters. The van der Waals surface area contributed by atoms with Crippen LogP contribution in [-0.4, -0.2) is 32.0 Å². The molecule has 2 heterocycles. The Balaban J connectivity index is 1.44. The van der Waals surface area contributed by atoms with Crippen LogP contribution in [0.5, 0.6) is 0 Å². The largest absolute Gasteiger partial charge is 0.325 e. The Morgan fingerprint density at radius 1 is 0.900 bits per heavy atom. The first-order chi connectivity index (χ1) is 14.7. The van der Waals surface area contributed by atoms with E-state index >= 15 is 0 Å². The van der Waals surface area contributed by atoms with Crippen LogP contribution in [0.2, 0.25) is 0 Å². The highest BCUT2D eigenvalue weighted by Crippen LogP contribution is 2.24. The fourth-order valence-electron chi connectivity index (χ4n) is 2.82. The maximum Gasteiger partial charge on any atom is 0.248 e. The lowest BCUT2D eigenvalue weighted by atomic mass is 10.1. The van der Waals surface area contributed by atoms with Crippen molar-refractivity contribution < 1.29 is 9.59 Å². The molecule has 0 spiro atoms. The van der Waals surface area contributed by atoms with Crippen LogP contribution in [0.4, 0.5) is 11.4 Å². The van der Waals surface area contributed by atoms with Gasteiger partial charge in [-0.3, -0.25) is 9.59 Å². The average Bonchev–Trinajstić information content (AvgIpc) is 3.41. The van der Waals surface area contributed by atoms with Crippen molar-refractivity contribution in [2.45, 2.75) is 13.0 Å². The van der Waals surface area contributed by atoms with Gasteiger partial charge >= 0.3 is 0 Å². The number of aromatic nitrogens is 4. The lowest BCUT2D eigenvalue weighted by Crippen LogP contribution is -2.20. The molecule has 4 rings (SSSR count). The van der Waals surface area contributed by atoms with Crippen molar-refractivity contribution in [1.82, 2.24) is 20.2 Å². The van der Waals surface area contributed by atoms with Crippen LogP contribution < -0.4 is 10.6 Å². The number of anilines is 2. The highest BCUT2D eigenvalue weighted by Gasteiger charge is 2.14. The molecule has 9 heteroatoms. The van der Waals surface area contributed by atoms with Gasteiger partial charge in [0.25, 0.3) is 0 Å². The predicted molar refractivity (Wildman–Crippen MR) is 115 cm³/mol. The van der Waals surface area contributed by atoms with E-state index in [4.69, 9.17) is 0 Å². The Labute approximate surface area is 176 Å². The number of hydrogen-bond acceptors (Lipinski definition) is 6. The van der Waals surface area contributed by atoms with Gasteiger partial charge in [-0.15, -0.1) is 21.5 Å². The van der Waals surface area contributed by atoms with Crippen LogP contribution >= 0.6 is 11.3 Å². The Kier molecular flexibility index (Phi) is 5.90. The summed E-state index contributed by atoms with van der Waals surface area (Å²) in [5.41, 5.74) is 1.92. The second-order valence-electron chi connectivity index (χ2n) is 6.41. The van der Waals surface area contributed by atoms with E-state index in [2.05, 4.69) is 26.0 Å². The lowest BCUT2D eigenvalue weighted by Gasteiger charge is -2.08. The van der Waals surface area contributed by atoms with Crippen molar-refractivity contribution in [3.05, 3.63) is 77.0 Å². The van der Waals surface area contributed by atoms with E-state index in [0.717, 1.165) is 4.88 Å². The highest BCUT2D eigenvalue weighted by molar-refractivity contribution is 7.10.